The predicted octanol–water partition coefficient (Wildman–Crippen LogP) is 1.72. The van der Waals surface area contributed by atoms with E-state index in [2.05, 4.69) is 10.2 Å². The maximum Gasteiger partial charge on any atom is 0.251 e. The van der Waals surface area contributed by atoms with Crippen LogP contribution in [0.25, 0.3) is 0 Å². The van der Waals surface area contributed by atoms with Crippen molar-refractivity contribution in [2.24, 2.45) is 5.41 Å². The number of nitrogens with one attached hydrogen (secondary N) is 1. The summed E-state index contributed by atoms with van der Waals surface area (Å²) in [4.78, 5) is 29.0. The van der Waals surface area contributed by atoms with Crippen molar-refractivity contribution in [3.05, 3.63) is 35.6 Å². The summed E-state index contributed by atoms with van der Waals surface area (Å²) in [7, 11) is 1.60. The molecular weight excluding hydrogens is 361 g/mol. The van der Waals surface area contributed by atoms with E-state index in [1.807, 2.05) is 0 Å². The number of morpholine rings is 1. The molecule has 4 rings (SSSR count). The monoisotopic (exact) mass is 389 g/mol. The largest absolute Gasteiger partial charge is 0.356 e. The molecule has 0 aromatic heterocycles. The molecule has 2 unspecified atom stereocenters. The first-order chi connectivity index (χ1) is 13.5. The Hall–Kier alpha value is -1.99. The highest BCUT2D eigenvalue weighted by molar-refractivity contribution is 5.86. The van der Waals surface area contributed by atoms with Gasteiger partial charge in [0.25, 0.3) is 5.91 Å². The minimum atomic E-state index is -0.915. The molecule has 0 spiro atoms. The van der Waals surface area contributed by atoms with Gasteiger partial charge in [-0.05, 0) is 44.8 Å². The van der Waals surface area contributed by atoms with Crippen molar-refractivity contribution < 1.29 is 18.7 Å². The Morgan fingerprint density at radius 2 is 2.00 bits per heavy atom. The van der Waals surface area contributed by atoms with Crippen molar-refractivity contribution in [2.75, 3.05) is 39.8 Å². The molecule has 1 aromatic rings. The third-order valence-corrected chi connectivity index (χ3v) is 6.32. The van der Waals surface area contributed by atoms with Crippen molar-refractivity contribution in [1.29, 1.82) is 0 Å². The molecule has 1 aromatic carbocycles. The molecule has 2 aliphatic heterocycles. The van der Waals surface area contributed by atoms with E-state index in [0.717, 1.165) is 32.5 Å². The molecule has 1 N–H and O–H groups in total. The third-order valence-electron chi connectivity index (χ3n) is 6.32. The molecule has 3 aliphatic rings. The average molecular weight is 389 g/mol. The summed E-state index contributed by atoms with van der Waals surface area (Å²) in [6, 6.07) is 5.47. The van der Waals surface area contributed by atoms with Crippen molar-refractivity contribution >= 4 is 11.8 Å². The van der Waals surface area contributed by atoms with Gasteiger partial charge in [-0.15, -0.1) is 0 Å². The normalized spacial score (nSPS) is 27.1. The highest BCUT2D eigenvalue weighted by Gasteiger charge is 2.46. The van der Waals surface area contributed by atoms with E-state index in [0.29, 0.717) is 12.1 Å². The lowest BCUT2D eigenvalue weighted by atomic mass is 9.96. The molecule has 28 heavy (non-hydrogen) atoms. The topological polar surface area (TPSA) is 61.9 Å². The molecule has 0 radical (unpaired) electrons. The first-order valence-corrected chi connectivity index (χ1v) is 10.1. The van der Waals surface area contributed by atoms with Crippen LogP contribution in [0.3, 0.4) is 0 Å². The zero-order valence-corrected chi connectivity index (χ0v) is 16.3. The number of amides is 2. The maximum absolute atomic E-state index is 14.4. The van der Waals surface area contributed by atoms with Crippen molar-refractivity contribution in [3.63, 3.8) is 0 Å². The molecule has 1 aliphatic carbocycles. The fraction of sp³-hybridized carbons (Fsp3) is 0.619. The second-order valence-electron chi connectivity index (χ2n) is 8.40. The van der Waals surface area contributed by atoms with Crippen molar-refractivity contribution in [2.45, 2.75) is 37.8 Å². The van der Waals surface area contributed by atoms with Gasteiger partial charge in [-0.2, -0.15) is 0 Å². The number of likely N-dealkylation sites (N-methyl/N-ethyl adjacent to an activating group) is 1. The molecular formula is C21H28FN3O3. The van der Waals surface area contributed by atoms with Crippen LogP contribution >= 0.6 is 0 Å². The van der Waals surface area contributed by atoms with Gasteiger partial charge in [0.1, 0.15) is 12.4 Å². The SMILES string of the molecule is CN1C(=O)COC(C(=O)NCC2(CN3CCCC3)CC2)C1c1ccccc1F. The molecule has 7 heteroatoms. The van der Waals surface area contributed by atoms with E-state index < -0.39 is 18.0 Å². The Morgan fingerprint density at radius 3 is 2.68 bits per heavy atom. The van der Waals surface area contributed by atoms with Gasteiger partial charge < -0.3 is 19.9 Å². The van der Waals surface area contributed by atoms with Crippen LogP contribution in [0.2, 0.25) is 0 Å². The van der Waals surface area contributed by atoms with Gasteiger partial charge in [-0.25, -0.2) is 4.39 Å². The first-order valence-electron chi connectivity index (χ1n) is 10.1. The summed E-state index contributed by atoms with van der Waals surface area (Å²) in [6.07, 6.45) is 3.82. The van der Waals surface area contributed by atoms with Crippen LogP contribution in [-0.4, -0.2) is 67.6 Å². The van der Waals surface area contributed by atoms with Gasteiger partial charge in [-0.1, -0.05) is 18.2 Å². The van der Waals surface area contributed by atoms with Crippen molar-refractivity contribution in [1.82, 2.24) is 15.1 Å². The van der Waals surface area contributed by atoms with Crippen molar-refractivity contribution in [3.8, 4) is 0 Å². The van der Waals surface area contributed by atoms with Gasteiger partial charge in [-0.3, -0.25) is 9.59 Å². The Morgan fingerprint density at radius 1 is 1.29 bits per heavy atom. The Balaban J connectivity index is 1.44. The summed E-state index contributed by atoms with van der Waals surface area (Å²) in [5, 5.41) is 3.03. The van der Waals surface area contributed by atoms with Gasteiger partial charge in [0.2, 0.25) is 5.91 Å². The first kappa shape index (κ1) is 19.3. The highest BCUT2D eigenvalue weighted by atomic mass is 19.1. The Bertz CT molecular complexity index is 746. The smallest absolute Gasteiger partial charge is 0.251 e. The number of hydrogen-bond donors (Lipinski definition) is 1. The second kappa shape index (κ2) is 7.79. The minimum Gasteiger partial charge on any atom is -0.356 e. The number of carbonyl (C=O) groups excluding carboxylic acids is 2. The third kappa shape index (κ3) is 3.91. The number of carbonyl (C=O) groups is 2. The van der Waals surface area contributed by atoms with Crippen LogP contribution in [0.1, 0.15) is 37.3 Å². The molecule has 2 atom stereocenters. The fourth-order valence-corrected chi connectivity index (χ4v) is 4.38. The van der Waals surface area contributed by atoms with Crippen LogP contribution in [0, 0.1) is 11.2 Å². The Kier molecular flexibility index (Phi) is 5.38. The summed E-state index contributed by atoms with van der Waals surface area (Å²) in [6.45, 7) is 3.74. The molecule has 2 amide bonds. The zero-order valence-electron chi connectivity index (χ0n) is 16.3. The van der Waals surface area contributed by atoms with E-state index in [4.69, 9.17) is 4.74 Å². The van der Waals surface area contributed by atoms with Crippen LogP contribution in [0.15, 0.2) is 24.3 Å². The van der Waals surface area contributed by atoms with Crippen LogP contribution in [0.5, 0.6) is 0 Å². The molecule has 6 nitrogen and oxygen atoms in total. The quantitative estimate of drug-likeness (QED) is 0.805. The number of halogens is 1. The number of hydrogen-bond acceptors (Lipinski definition) is 4. The predicted molar refractivity (Wildman–Crippen MR) is 102 cm³/mol. The maximum atomic E-state index is 14.4. The van der Waals surface area contributed by atoms with Gasteiger partial charge in [0, 0.05) is 31.1 Å². The lowest BCUT2D eigenvalue weighted by Gasteiger charge is -2.38. The standard InChI is InChI=1S/C21H28FN3O3/c1-24-17(26)12-28-19(18(24)15-6-2-3-7-16(15)22)20(27)23-13-21(8-9-21)14-25-10-4-5-11-25/h2-3,6-7,18-19H,4-5,8-14H2,1H3,(H,23,27). The fourth-order valence-electron chi connectivity index (χ4n) is 4.38. The van der Waals surface area contributed by atoms with E-state index in [9.17, 15) is 14.0 Å². The number of likely N-dealkylation sites (tertiary alicyclic amines) is 1. The second-order valence-corrected chi connectivity index (χ2v) is 8.40. The van der Waals surface area contributed by atoms with Gasteiger partial charge in [0.05, 0.1) is 6.04 Å². The molecule has 1 saturated carbocycles. The lowest BCUT2D eigenvalue weighted by Crippen LogP contribution is -2.54. The van der Waals surface area contributed by atoms with Gasteiger partial charge in [0.15, 0.2) is 6.10 Å². The minimum absolute atomic E-state index is 0.157. The van der Waals surface area contributed by atoms with Crippen LogP contribution < -0.4 is 5.32 Å². The summed E-state index contributed by atoms with van der Waals surface area (Å²) in [5.41, 5.74) is 0.459. The van der Waals surface area contributed by atoms with E-state index >= 15 is 0 Å². The number of rotatable bonds is 6. The zero-order chi connectivity index (χ0) is 19.7. The summed E-state index contributed by atoms with van der Waals surface area (Å²) < 4.78 is 20.0. The van der Waals surface area contributed by atoms with E-state index in [-0.39, 0.29) is 23.8 Å². The van der Waals surface area contributed by atoms with Crippen LogP contribution in [0.4, 0.5) is 4.39 Å². The number of ether oxygens (including phenoxy) is 1. The number of nitrogens with zero attached hydrogens (tertiary/aromatic N) is 2. The van der Waals surface area contributed by atoms with Crippen LogP contribution in [-0.2, 0) is 14.3 Å². The van der Waals surface area contributed by atoms with E-state index in [1.54, 1.807) is 25.2 Å². The Labute approximate surface area is 165 Å². The molecule has 2 saturated heterocycles. The average Bonchev–Trinajstić information content (AvgIpc) is 3.25. The lowest BCUT2D eigenvalue weighted by molar-refractivity contribution is -0.162. The summed E-state index contributed by atoms with van der Waals surface area (Å²) >= 11 is 0. The summed E-state index contributed by atoms with van der Waals surface area (Å²) in [5.74, 6) is -0.978. The number of benzene rings is 1. The van der Waals surface area contributed by atoms with Gasteiger partial charge >= 0.3 is 0 Å². The molecule has 152 valence electrons. The highest BCUT2D eigenvalue weighted by Crippen LogP contribution is 2.46. The molecule has 2 heterocycles. The molecule has 0 bridgehead atoms. The molecule has 3 fully saturated rings. The van der Waals surface area contributed by atoms with E-state index in [1.165, 1.54) is 23.8 Å².